The Morgan fingerprint density at radius 2 is 2.23 bits per heavy atom. The zero-order chi connectivity index (χ0) is 9.64. The second kappa shape index (κ2) is 2.89. The summed E-state index contributed by atoms with van der Waals surface area (Å²) >= 11 is 0. The lowest BCUT2D eigenvalue weighted by molar-refractivity contribution is -0.0520. The van der Waals surface area contributed by atoms with Crippen molar-refractivity contribution in [1.82, 2.24) is 4.90 Å². The Bertz CT molecular complexity index is 210. The van der Waals surface area contributed by atoms with Crippen LogP contribution in [0.4, 0.5) is 8.78 Å². The summed E-state index contributed by atoms with van der Waals surface area (Å²) in [7, 11) is 0. The van der Waals surface area contributed by atoms with Gasteiger partial charge in [0.1, 0.15) is 11.9 Å². The van der Waals surface area contributed by atoms with Crippen molar-refractivity contribution in [3.05, 3.63) is 0 Å². The van der Waals surface area contributed by atoms with E-state index in [1.807, 2.05) is 18.7 Å². The van der Waals surface area contributed by atoms with Gasteiger partial charge in [-0.25, -0.2) is 4.39 Å². The van der Waals surface area contributed by atoms with Gasteiger partial charge in [0.25, 0.3) is 0 Å². The Hall–Kier alpha value is -0.220. The van der Waals surface area contributed by atoms with Crippen LogP contribution in [-0.4, -0.2) is 42.7 Å². The summed E-state index contributed by atoms with van der Waals surface area (Å²) in [6, 6.07) is -0.0602. The zero-order valence-corrected chi connectivity index (χ0v) is 7.96. The fraction of sp³-hybridized carbons (Fsp3) is 1.00. The summed E-state index contributed by atoms with van der Waals surface area (Å²) in [6.07, 6.45) is -1.03. The molecule has 0 amide bonds. The molecule has 2 fully saturated rings. The van der Waals surface area contributed by atoms with Crippen LogP contribution in [0.5, 0.6) is 0 Å². The minimum absolute atomic E-state index is 0.0602. The van der Waals surface area contributed by atoms with E-state index in [2.05, 4.69) is 0 Å². The normalized spacial score (nSPS) is 43.8. The summed E-state index contributed by atoms with van der Waals surface area (Å²) in [5.41, 5.74) is -0.418. The van der Waals surface area contributed by atoms with Crippen LogP contribution in [0.1, 0.15) is 13.8 Å². The molecule has 76 valence electrons. The molecule has 13 heavy (non-hydrogen) atoms. The van der Waals surface area contributed by atoms with Gasteiger partial charge in [-0.2, -0.15) is 0 Å². The number of fused-ring (bicyclic) bond motifs is 1. The highest BCUT2D eigenvalue weighted by atomic mass is 19.1. The highest BCUT2D eigenvalue weighted by Gasteiger charge is 2.52. The predicted molar refractivity (Wildman–Crippen MR) is 44.9 cm³/mol. The Morgan fingerprint density at radius 1 is 1.54 bits per heavy atom. The van der Waals surface area contributed by atoms with Gasteiger partial charge in [-0.3, -0.25) is 9.29 Å². The summed E-state index contributed by atoms with van der Waals surface area (Å²) in [6.45, 7) is 4.00. The number of alkyl halides is 2. The van der Waals surface area contributed by atoms with E-state index in [0.29, 0.717) is 13.2 Å². The van der Waals surface area contributed by atoms with Gasteiger partial charge in [0.2, 0.25) is 0 Å². The van der Waals surface area contributed by atoms with Gasteiger partial charge in [-0.05, 0) is 13.8 Å². The third-order valence-electron chi connectivity index (χ3n) is 3.21. The average molecular weight is 191 g/mol. The maximum Gasteiger partial charge on any atom is 0.120 e. The lowest BCUT2D eigenvalue weighted by Gasteiger charge is -2.28. The first-order chi connectivity index (χ1) is 6.06. The predicted octanol–water partition coefficient (Wildman–Crippen LogP) is 1.36. The highest BCUT2D eigenvalue weighted by molar-refractivity contribution is 5.00. The van der Waals surface area contributed by atoms with E-state index in [0.717, 1.165) is 0 Å². The molecule has 0 saturated carbocycles. The molecule has 0 spiro atoms. The Labute approximate surface area is 76.9 Å². The highest BCUT2D eigenvalue weighted by Crippen LogP contribution is 2.38. The van der Waals surface area contributed by atoms with Crippen LogP contribution in [0.3, 0.4) is 0 Å². The van der Waals surface area contributed by atoms with Crippen molar-refractivity contribution in [2.24, 2.45) is 5.92 Å². The SMILES string of the molecule is CC1(C)OC[C@@H]2[C@H](CF)[C@H](F)CN21. The largest absolute Gasteiger partial charge is 0.359 e. The molecule has 0 N–H and O–H groups in total. The van der Waals surface area contributed by atoms with Crippen LogP contribution >= 0.6 is 0 Å². The van der Waals surface area contributed by atoms with Gasteiger partial charge in [0, 0.05) is 18.5 Å². The molecule has 0 unspecified atom stereocenters. The molecular formula is C9H15F2NO. The summed E-state index contributed by atoms with van der Waals surface area (Å²) in [5.74, 6) is -0.484. The maximum absolute atomic E-state index is 13.3. The summed E-state index contributed by atoms with van der Waals surface area (Å²) in [5, 5.41) is 0. The number of ether oxygens (including phenoxy) is 1. The van der Waals surface area contributed by atoms with Gasteiger partial charge in [0.05, 0.1) is 13.3 Å². The number of rotatable bonds is 1. The summed E-state index contributed by atoms with van der Waals surface area (Å²) in [4.78, 5) is 1.93. The fourth-order valence-corrected chi connectivity index (χ4v) is 2.34. The topological polar surface area (TPSA) is 12.5 Å². The van der Waals surface area contributed by atoms with Crippen molar-refractivity contribution >= 4 is 0 Å². The van der Waals surface area contributed by atoms with E-state index in [4.69, 9.17) is 4.74 Å². The van der Waals surface area contributed by atoms with Crippen molar-refractivity contribution in [3.63, 3.8) is 0 Å². The van der Waals surface area contributed by atoms with Gasteiger partial charge >= 0.3 is 0 Å². The van der Waals surface area contributed by atoms with Gasteiger partial charge in [-0.15, -0.1) is 0 Å². The van der Waals surface area contributed by atoms with Gasteiger partial charge in [0.15, 0.2) is 0 Å². The third kappa shape index (κ3) is 1.27. The Morgan fingerprint density at radius 3 is 2.85 bits per heavy atom. The first-order valence-electron chi connectivity index (χ1n) is 4.67. The lowest BCUT2D eigenvalue weighted by atomic mass is 10.0. The molecular weight excluding hydrogens is 176 g/mol. The number of halogens is 2. The lowest BCUT2D eigenvalue weighted by Crippen LogP contribution is -2.41. The second-order valence-electron chi connectivity index (χ2n) is 4.31. The molecule has 2 nitrogen and oxygen atoms in total. The molecule has 0 aromatic heterocycles. The molecule has 0 aliphatic carbocycles. The maximum atomic E-state index is 13.3. The minimum atomic E-state index is -1.03. The van der Waals surface area contributed by atoms with Crippen LogP contribution in [0.15, 0.2) is 0 Å². The molecule has 2 aliphatic heterocycles. The van der Waals surface area contributed by atoms with Crippen LogP contribution in [0, 0.1) is 5.92 Å². The molecule has 2 rings (SSSR count). The second-order valence-corrected chi connectivity index (χ2v) is 4.31. The fourth-order valence-electron chi connectivity index (χ4n) is 2.34. The first kappa shape index (κ1) is 9.34. The molecule has 0 aromatic carbocycles. The molecule has 0 aromatic rings. The van der Waals surface area contributed by atoms with E-state index >= 15 is 0 Å². The van der Waals surface area contributed by atoms with Crippen molar-refractivity contribution < 1.29 is 13.5 Å². The smallest absolute Gasteiger partial charge is 0.120 e. The van der Waals surface area contributed by atoms with Crippen LogP contribution in [0.25, 0.3) is 0 Å². The molecule has 0 bridgehead atoms. The molecule has 2 heterocycles. The molecule has 0 radical (unpaired) electrons. The molecule has 4 heteroatoms. The van der Waals surface area contributed by atoms with E-state index in [9.17, 15) is 8.78 Å². The van der Waals surface area contributed by atoms with Crippen molar-refractivity contribution in [3.8, 4) is 0 Å². The molecule has 2 saturated heterocycles. The Kier molecular flexibility index (Phi) is 2.07. The Balaban J connectivity index is 2.17. The quantitative estimate of drug-likeness (QED) is 0.620. The van der Waals surface area contributed by atoms with Crippen LogP contribution < -0.4 is 0 Å². The monoisotopic (exact) mass is 191 g/mol. The van der Waals surface area contributed by atoms with Crippen molar-refractivity contribution in [1.29, 1.82) is 0 Å². The summed E-state index contributed by atoms with van der Waals surface area (Å²) < 4.78 is 31.3. The van der Waals surface area contributed by atoms with Gasteiger partial charge in [-0.1, -0.05) is 0 Å². The van der Waals surface area contributed by atoms with Crippen LogP contribution in [-0.2, 0) is 4.74 Å². The van der Waals surface area contributed by atoms with E-state index in [1.165, 1.54) is 0 Å². The number of nitrogens with zero attached hydrogens (tertiary/aromatic N) is 1. The van der Waals surface area contributed by atoms with E-state index in [-0.39, 0.29) is 6.04 Å². The van der Waals surface area contributed by atoms with Gasteiger partial charge < -0.3 is 4.74 Å². The standard InChI is InChI=1S/C9H15F2NO/c1-9(2)12-4-7(11)6(3-10)8(12)5-13-9/h6-8H,3-5H2,1-2H3/t6-,7-,8-/m1/s1. The molecule has 2 aliphatic rings. The van der Waals surface area contributed by atoms with Crippen LogP contribution in [0.2, 0.25) is 0 Å². The zero-order valence-electron chi connectivity index (χ0n) is 7.96. The number of hydrogen-bond donors (Lipinski definition) is 0. The van der Waals surface area contributed by atoms with E-state index < -0.39 is 24.5 Å². The average Bonchev–Trinajstić information content (AvgIpc) is 2.50. The molecule has 3 atom stereocenters. The first-order valence-corrected chi connectivity index (χ1v) is 4.67. The van der Waals surface area contributed by atoms with E-state index in [1.54, 1.807) is 0 Å². The minimum Gasteiger partial charge on any atom is -0.359 e. The third-order valence-corrected chi connectivity index (χ3v) is 3.21. The van der Waals surface area contributed by atoms with Crippen molar-refractivity contribution in [2.45, 2.75) is 31.8 Å². The van der Waals surface area contributed by atoms with Crippen molar-refractivity contribution in [2.75, 3.05) is 19.8 Å². The number of hydrogen-bond acceptors (Lipinski definition) is 2.